The number of nitrogens with one attached hydrogen (secondary N) is 1. The van der Waals surface area contributed by atoms with E-state index >= 15 is 0 Å². The number of carboxylic acid groups (broad SMARTS) is 1. The number of halogens is 1. The molecule has 0 radical (unpaired) electrons. The number of pyridine rings is 2. The predicted octanol–water partition coefficient (Wildman–Crippen LogP) is 5.04. The van der Waals surface area contributed by atoms with Gasteiger partial charge in [-0.25, -0.2) is 9.97 Å². The van der Waals surface area contributed by atoms with Crippen molar-refractivity contribution in [1.29, 1.82) is 0 Å². The highest BCUT2D eigenvalue weighted by Gasteiger charge is 2.22. The molecule has 0 aliphatic carbocycles. The normalized spacial score (nSPS) is 14.5. The van der Waals surface area contributed by atoms with Crippen LogP contribution in [0.4, 0.5) is 5.82 Å². The molecule has 9 heteroatoms. The van der Waals surface area contributed by atoms with Crippen LogP contribution in [0.2, 0.25) is 5.02 Å². The smallest absolute Gasteiger partial charge is 0.303 e. The van der Waals surface area contributed by atoms with Crippen molar-refractivity contribution < 1.29 is 14.6 Å². The van der Waals surface area contributed by atoms with E-state index in [4.69, 9.17) is 21.4 Å². The molecule has 0 atom stereocenters. The van der Waals surface area contributed by atoms with Crippen LogP contribution in [0.15, 0.2) is 48.7 Å². The fourth-order valence-corrected chi connectivity index (χ4v) is 4.63. The van der Waals surface area contributed by atoms with Gasteiger partial charge in [0.1, 0.15) is 11.6 Å². The second-order valence-corrected chi connectivity index (χ2v) is 8.85. The second kappa shape index (κ2) is 9.30. The van der Waals surface area contributed by atoms with E-state index in [1.807, 2.05) is 42.6 Å². The number of hydrogen-bond donors (Lipinski definition) is 2. The summed E-state index contributed by atoms with van der Waals surface area (Å²) in [6.07, 6.45) is 3.84. The molecule has 174 valence electrons. The first-order valence-corrected chi connectivity index (χ1v) is 11.5. The number of hydrogen-bond acceptors (Lipinski definition) is 6. The molecule has 0 bridgehead atoms. The number of H-pyrrole nitrogens is 1. The number of carbonyl (C=O) groups is 1. The largest absolute Gasteiger partial charge is 0.481 e. The lowest BCUT2D eigenvalue weighted by Gasteiger charge is -2.32. The molecule has 4 aromatic rings. The molecule has 1 aromatic carbocycles. The van der Waals surface area contributed by atoms with Gasteiger partial charge in [-0.2, -0.15) is 4.98 Å². The van der Waals surface area contributed by atoms with Gasteiger partial charge in [-0.3, -0.25) is 4.79 Å². The van der Waals surface area contributed by atoms with Crippen molar-refractivity contribution in [3.63, 3.8) is 0 Å². The zero-order valence-electron chi connectivity index (χ0n) is 18.7. The molecular formula is C25H24ClN5O3. The lowest BCUT2D eigenvalue weighted by Crippen LogP contribution is -2.34. The van der Waals surface area contributed by atoms with E-state index in [1.165, 1.54) is 0 Å². The Hall–Kier alpha value is -3.65. The summed E-state index contributed by atoms with van der Waals surface area (Å²) in [7, 11) is 1.57. The van der Waals surface area contributed by atoms with E-state index < -0.39 is 5.97 Å². The summed E-state index contributed by atoms with van der Waals surface area (Å²) in [5, 5.41) is 9.57. The molecule has 1 saturated heterocycles. The van der Waals surface area contributed by atoms with Crippen LogP contribution in [0.25, 0.3) is 33.7 Å². The standard InChI is InChI=1S/C25H24ClN5O3/c1-34-22-7-5-20-25(29-22)30-24(28-20)18-4-2-16(13-19(18)26)17-3-6-21(27-14-17)31-10-8-15(9-11-31)12-23(32)33/h2-7,13-15H,8-12H2,1H3,(H,32,33)(H,28,29,30). The number of nitrogens with zero attached hydrogens (tertiary/aromatic N) is 4. The van der Waals surface area contributed by atoms with Crippen molar-refractivity contribution in [1.82, 2.24) is 19.9 Å². The van der Waals surface area contributed by atoms with E-state index in [2.05, 4.69) is 24.8 Å². The van der Waals surface area contributed by atoms with Gasteiger partial charge < -0.3 is 19.7 Å². The highest BCUT2D eigenvalue weighted by molar-refractivity contribution is 6.33. The summed E-state index contributed by atoms with van der Waals surface area (Å²) in [5.41, 5.74) is 4.10. The average Bonchev–Trinajstić information content (AvgIpc) is 3.27. The van der Waals surface area contributed by atoms with Crippen LogP contribution >= 0.6 is 11.6 Å². The van der Waals surface area contributed by atoms with Gasteiger partial charge in [0.2, 0.25) is 5.88 Å². The molecule has 3 aromatic heterocycles. The van der Waals surface area contributed by atoms with Crippen LogP contribution in [0.5, 0.6) is 5.88 Å². The third-order valence-corrected chi connectivity index (χ3v) is 6.55. The van der Waals surface area contributed by atoms with Crippen molar-refractivity contribution in [3.05, 3.63) is 53.7 Å². The summed E-state index contributed by atoms with van der Waals surface area (Å²) in [6.45, 7) is 1.64. The molecule has 0 spiro atoms. The summed E-state index contributed by atoms with van der Waals surface area (Å²) in [5.74, 6) is 1.59. The molecule has 8 nitrogen and oxygen atoms in total. The maximum absolute atomic E-state index is 10.9. The first-order chi connectivity index (χ1) is 16.5. The van der Waals surface area contributed by atoms with Crippen LogP contribution in [-0.2, 0) is 4.79 Å². The zero-order valence-corrected chi connectivity index (χ0v) is 19.4. The van der Waals surface area contributed by atoms with E-state index in [1.54, 1.807) is 13.2 Å². The summed E-state index contributed by atoms with van der Waals surface area (Å²) >= 11 is 6.63. The molecule has 0 saturated carbocycles. The minimum absolute atomic E-state index is 0.246. The molecule has 1 aliphatic heterocycles. The first kappa shape index (κ1) is 22.2. The van der Waals surface area contributed by atoms with Crippen molar-refractivity contribution in [2.75, 3.05) is 25.1 Å². The van der Waals surface area contributed by atoms with Crippen molar-refractivity contribution >= 4 is 34.6 Å². The number of benzene rings is 1. The maximum Gasteiger partial charge on any atom is 0.303 e. The van der Waals surface area contributed by atoms with Gasteiger partial charge in [-0.1, -0.05) is 17.7 Å². The quantitative estimate of drug-likeness (QED) is 0.401. The van der Waals surface area contributed by atoms with Crippen LogP contribution in [0, 0.1) is 5.92 Å². The Labute approximate surface area is 201 Å². The van der Waals surface area contributed by atoms with Gasteiger partial charge in [0, 0.05) is 42.9 Å². The molecule has 1 aliphatic rings. The number of aromatic amines is 1. The van der Waals surface area contributed by atoms with Gasteiger partial charge >= 0.3 is 5.97 Å². The molecule has 2 N–H and O–H groups in total. The Balaban J connectivity index is 1.31. The Morgan fingerprint density at radius 3 is 2.62 bits per heavy atom. The first-order valence-electron chi connectivity index (χ1n) is 11.1. The molecular weight excluding hydrogens is 454 g/mol. The molecule has 4 heterocycles. The number of methoxy groups -OCH3 is 1. The number of ether oxygens (including phenoxy) is 1. The number of anilines is 1. The minimum atomic E-state index is -0.720. The summed E-state index contributed by atoms with van der Waals surface area (Å²) in [4.78, 5) is 30.0. The Morgan fingerprint density at radius 2 is 1.94 bits per heavy atom. The molecule has 5 rings (SSSR count). The fraction of sp³-hybridized carbons (Fsp3) is 0.280. The van der Waals surface area contributed by atoms with Gasteiger partial charge in [-0.05, 0) is 54.7 Å². The highest BCUT2D eigenvalue weighted by atomic mass is 35.5. The second-order valence-electron chi connectivity index (χ2n) is 8.44. The van der Waals surface area contributed by atoms with Crippen molar-refractivity contribution in [2.45, 2.75) is 19.3 Å². The fourth-order valence-electron chi connectivity index (χ4n) is 4.36. The number of rotatable bonds is 6. The number of carboxylic acids is 1. The average molecular weight is 478 g/mol. The third kappa shape index (κ3) is 4.54. The van der Waals surface area contributed by atoms with Crippen LogP contribution in [0.1, 0.15) is 19.3 Å². The third-order valence-electron chi connectivity index (χ3n) is 6.24. The number of fused-ring (bicyclic) bond motifs is 1. The van der Waals surface area contributed by atoms with Crippen molar-refractivity contribution in [2.24, 2.45) is 5.92 Å². The Kier molecular flexibility index (Phi) is 6.06. The zero-order chi connectivity index (χ0) is 23.7. The number of imidazole rings is 1. The Bertz CT molecular complexity index is 1330. The van der Waals surface area contributed by atoms with E-state index in [0.29, 0.717) is 22.4 Å². The summed E-state index contributed by atoms with van der Waals surface area (Å²) < 4.78 is 5.17. The van der Waals surface area contributed by atoms with Crippen LogP contribution < -0.4 is 9.64 Å². The van der Waals surface area contributed by atoms with Gasteiger partial charge in [0.25, 0.3) is 0 Å². The topological polar surface area (TPSA) is 104 Å². The molecule has 34 heavy (non-hydrogen) atoms. The van der Waals surface area contributed by atoms with E-state index in [9.17, 15) is 4.79 Å². The molecule has 0 unspecified atom stereocenters. The Morgan fingerprint density at radius 1 is 1.15 bits per heavy atom. The van der Waals surface area contributed by atoms with Crippen LogP contribution in [0.3, 0.4) is 0 Å². The molecule has 1 fully saturated rings. The number of piperidine rings is 1. The van der Waals surface area contributed by atoms with Crippen LogP contribution in [-0.4, -0.2) is 51.2 Å². The minimum Gasteiger partial charge on any atom is -0.481 e. The monoisotopic (exact) mass is 477 g/mol. The SMILES string of the molecule is COc1ccc2[nH]c(-c3ccc(-c4ccc(N5CCC(CC(=O)O)CC5)nc4)cc3Cl)nc2n1. The van der Waals surface area contributed by atoms with Gasteiger partial charge in [-0.15, -0.1) is 0 Å². The maximum atomic E-state index is 10.9. The number of aliphatic carboxylic acids is 1. The van der Waals surface area contributed by atoms with E-state index in [-0.39, 0.29) is 12.3 Å². The lowest BCUT2D eigenvalue weighted by molar-refractivity contribution is -0.138. The van der Waals surface area contributed by atoms with E-state index in [0.717, 1.165) is 54.0 Å². The van der Waals surface area contributed by atoms with Crippen molar-refractivity contribution in [3.8, 4) is 28.4 Å². The molecule has 0 amide bonds. The lowest BCUT2D eigenvalue weighted by atomic mass is 9.93. The van der Waals surface area contributed by atoms with Gasteiger partial charge in [0.15, 0.2) is 5.65 Å². The number of aromatic nitrogens is 4. The predicted molar refractivity (Wildman–Crippen MR) is 131 cm³/mol. The summed E-state index contributed by atoms with van der Waals surface area (Å²) in [6, 6.07) is 13.5. The highest BCUT2D eigenvalue weighted by Crippen LogP contribution is 2.32. The van der Waals surface area contributed by atoms with Gasteiger partial charge in [0.05, 0.1) is 17.6 Å².